The summed E-state index contributed by atoms with van der Waals surface area (Å²) in [5.41, 5.74) is 0.386. The lowest BCUT2D eigenvalue weighted by Crippen LogP contribution is -2.63. The molecule has 1 saturated carbocycles. The van der Waals surface area contributed by atoms with Gasteiger partial charge in [0.1, 0.15) is 0 Å². The summed E-state index contributed by atoms with van der Waals surface area (Å²) in [4.78, 5) is 0. The van der Waals surface area contributed by atoms with Gasteiger partial charge in [0.15, 0.2) is 0 Å². The first-order valence-corrected chi connectivity index (χ1v) is 6.97. The Labute approximate surface area is 101 Å². The van der Waals surface area contributed by atoms with E-state index in [-0.39, 0.29) is 0 Å². The van der Waals surface area contributed by atoms with Crippen LogP contribution in [0.5, 0.6) is 0 Å². The summed E-state index contributed by atoms with van der Waals surface area (Å²) in [5.74, 6) is 0. The van der Waals surface area contributed by atoms with Gasteiger partial charge in [0, 0.05) is 11.5 Å². The van der Waals surface area contributed by atoms with Crippen LogP contribution in [0.3, 0.4) is 0 Å². The molecule has 3 unspecified atom stereocenters. The fourth-order valence-electron chi connectivity index (χ4n) is 3.30. The first-order valence-electron chi connectivity index (χ1n) is 6.97. The molecule has 0 radical (unpaired) electrons. The van der Waals surface area contributed by atoms with Gasteiger partial charge in [0.05, 0.1) is 12.2 Å². The molecule has 16 heavy (non-hydrogen) atoms. The molecule has 0 aromatic rings. The Morgan fingerprint density at radius 2 is 1.94 bits per heavy atom. The Bertz CT molecular complexity index is 201. The Morgan fingerprint density at radius 3 is 2.38 bits per heavy atom. The molecule has 0 aliphatic heterocycles. The van der Waals surface area contributed by atoms with Gasteiger partial charge in [0.25, 0.3) is 0 Å². The minimum atomic E-state index is 0.386. The summed E-state index contributed by atoms with van der Waals surface area (Å²) < 4.78 is 6.22. The van der Waals surface area contributed by atoms with Crippen LogP contribution in [0, 0.1) is 5.41 Å². The maximum Gasteiger partial charge on any atom is 0.0664 e. The quantitative estimate of drug-likeness (QED) is 0.720. The second-order valence-corrected chi connectivity index (χ2v) is 5.24. The third-order valence-electron chi connectivity index (χ3n) is 4.54. The Morgan fingerprint density at radius 1 is 1.31 bits per heavy atom. The summed E-state index contributed by atoms with van der Waals surface area (Å²) >= 11 is 0. The van der Waals surface area contributed by atoms with Crippen LogP contribution in [-0.4, -0.2) is 25.3 Å². The molecule has 2 heteroatoms. The lowest BCUT2D eigenvalue weighted by atomic mass is 9.58. The van der Waals surface area contributed by atoms with Crippen LogP contribution in [0.15, 0.2) is 0 Å². The molecule has 2 nitrogen and oxygen atoms in total. The Kier molecular flexibility index (Phi) is 5.26. The monoisotopic (exact) mass is 227 g/mol. The van der Waals surface area contributed by atoms with Crippen LogP contribution < -0.4 is 5.32 Å². The predicted octanol–water partition coefficient (Wildman–Crippen LogP) is 3.36. The van der Waals surface area contributed by atoms with E-state index in [1.165, 1.54) is 32.1 Å². The lowest BCUT2D eigenvalue weighted by molar-refractivity contribution is -0.162. The predicted molar refractivity (Wildman–Crippen MR) is 69.7 cm³/mol. The van der Waals surface area contributed by atoms with Gasteiger partial charge >= 0.3 is 0 Å². The third-order valence-corrected chi connectivity index (χ3v) is 4.54. The average molecular weight is 227 g/mol. The number of hydrogen-bond acceptors (Lipinski definition) is 2. The zero-order chi connectivity index (χ0) is 12.2. The maximum absolute atomic E-state index is 6.22. The highest BCUT2D eigenvalue weighted by atomic mass is 16.5. The lowest BCUT2D eigenvalue weighted by Gasteiger charge is -2.56. The summed E-state index contributed by atoms with van der Waals surface area (Å²) in [6.07, 6.45) is 6.93. The highest BCUT2D eigenvalue weighted by Gasteiger charge is 2.52. The number of nitrogens with one attached hydrogen (secondary N) is 1. The van der Waals surface area contributed by atoms with Gasteiger partial charge in [-0.25, -0.2) is 0 Å². The van der Waals surface area contributed by atoms with E-state index >= 15 is 0 Å². The molecule has 1 rings (SSSR count). The molecule has 0 amide bonds. The first kappa shape index (κ1) is 14.0. The van der Waals surface area contributed by atoms with Crippen molar-refractivity contribution in [3.05, 3.63) is 0 Å². The van der Waals surface area contributed by atoms with E-state index in [0.29, 0.717) is 23.7 Å². The van der Waals surface area contributed by atoms with E-state index in [2.05, 4.69) is 40.1 Å². The van der Waals surface area contributed by atoms with E-state index in [9.17, 15) is 0 Å². The molecule has 0 saturated heterocycles. The van der Waals surface area contributed by atoms with Crippen molar-refractivity contribution in [3.8, 4) is 0 Å². The molecular formula is C14H29NO. The average Bonchev–Trinajstić information content (AvgIpc) is 2.26. The van der Waals surface area contributed by atoms with E-state index in [0.717, 1.165) is 0 Å². The zero-order valence-electron chi connectivity index (χ0n) is 11.7. The van der Waals surface area contributed by atoms with Crippen molar-refractivity contribution in [2.24, 2.45) is 5.41 Å². The highest BCUT2D eigenvalue weighted by molar-refractivity contribution is 5.06. The van der Waals surface area contributed by atoms with Crippen molar-refractivity contribution >= 4 is 0 Å². The Balaban J connectivity index is 2.55. The van der Waals surface area contributed by atoms with Gasteiger partial charge in [-0.2, -0.15) is 0 Å². The largest absolute Gasteiger partial charge is 0.375 e. The van der Waals surface area contributed by atoms with Crippen LogP contribution in [-0.2, 0) is 4.74 Å². The van der Waals surface area contributed by atoms with Crippen molar-refractivity contribution in [1.29, 1.82) is 0 Å². The second kappa shape index (κ2) is 6.02. The second-order valence-electron chi connectivity index (χ2n) is 5.24. The van der Waals surface area contributed by atoms with E-state index in [4.69, 9.17) is 4.74 Å². The maximum atomic E-state index is 6.22. The van der Waals surface area contributed by atoms with Gasteiger partial charge < -0.3 is 10.1 Å². The van der Waals surface area contributed by atoms with Gasteiger partial charge in [-0.1, -0.05) is 27.2 Å². The summed E-state index contributed by atoms with van der Waals surface area (Å²) in [6, 6.07) is 0.654. The molecule has 1 fully saturated rings. The van der Waals surface area contributed by atoms with E-state index in [1.54, 1.807) is 0 Å². The first-order chi connectivity index (χ1) is 7.64. The molecule has 3 atom stereocenters. The molecule has 0 heterocycles. The molecule has 1 N–H and O–H groups in total. The molecular weight excluding hydrogens is 198 g/mol. The normalized spacial score (nSPS) is 29.8. The van der Waals surface area contributed by atoms with Gasteiger partial charge in [0.2, 0.25) is 0 Å². The SMILES string of the molecule is CCCC(C)OC1CC(NC)C1(CC)CC. The minimum absolute atomic E-state index is 0.386. The smallest absolute Gasteiger partial charge is 0.0664 e. The molecule has 96 valence electrons. The van der Waals surface area contributed by atoms with Crippen molar-refractivity contribution in [3.63, 3.8) is 0 Å². The molecule has 1 aliphatic rings. The summed E-state index contributed by atoms with van der Waals surface area (Å²) in [5, 5.41) is 3.45. The van der Waals surface area contributed by atoms with Crippen LogP contribution in [0.4, 0.5) is 0 Å². The van der Waals surface area contributed by atoms with Crippen molar-refractivity contribution in [2.45, 2.75) is 78.0 Å². The van der Waals surface area contributed by atoms with Crippen LogP contribution >= 0.6 is 0 Å². The van der Waals surface area contributed by atoms with E-state index < -0.39 is 0 Å². The molecule has 1 aliphatic carbocycles. The number of hydrogen-bond donors (Lipinski definition) is 1. The summed E-state index contributed by atoms with van der Waals surface area (Å²) in [6.45, 7) is 9.04. The fourth-order valence-corrected chi connectivity index (χ4v) is 3.30. The summed E-state index contributed by atoms with van der Waals surface area (Å²) in [7, 11) is 2.08. The Hall–Kier alpha value is -0.0800. The van der Waals surface area contributed by atoms with Crippen LogP contribution in [0.25, 0.3) is 0 Å². The minimum Gasteiger partial charge on any atom is -0.375 e. The van der Waals surface area contributed by atoms with Crippen LogP contribution in [0.2, 0.25) is 0 Å². The highest BCUT2D eigenvalue weighted by Crippen LogP contribution is 2.49. The van der Waals surface area contributed by atoms with E-state index in [1.807, 2.05) is 0 Å². The molecule has 0 spiro atoms. The molecule has 0 bridgehead atoms. The number of ether oxygens (including phenoxy) is 1. The van der Waals surface area contributed by atoms with Crippen molar-refractivity contribution < 1.29 is 4.74 Å². The van der Waals surface area contributed by atoms with Gasteiger partial charge in [-0.3, -0.25) is 0 Å². The third kappa shape index (κ3) is 2.43. The topological polar surface area (TPSA) is 21.3 Å². The van der Waals surface area contributed by atoms with Gasteiger partial charge in [-0.05, 0) is 39.7 Å². The van der Waals surface area contributed by atoms with Crippen molar-refractivity contribution in [1.82, 2.24) is 5.32 Å². The standard InChI is InChI=1S/C14H29NO/c1-6-9-11(4)16-13-10-12(15-5)14(13,7-2)8-3/h11-13,15H,6-10H2,1-5H3. The molecule has 0 aromatic carbocycles. The van der Waals surface area contributed by atoms with Gasteiger partial charge in [-0.15, -0.1) is 0 Å². The fraction of sp³-hybridized carbons (Fsp3) is 1.00. The zero-order valence-corrected chi connectivity index (χ0v) is 11.7. The molecule has 0 aromatic heterocycles. The van der Waals surface area contributed by atoms with Crippen LogP contribution in [0.1, 0.15) is 59.8 Å². The number of rotatable bonds is 7. The van der Waals surface area contributed by atoms with Crippen molar-refractivity contribution in [2.75, 3.05) is 7.05 Å².